The maximum atomic E-state index is 13.1. The number of nitriles is 1. The van der Waals surface area contributed by atoms with Crippen LogP contribution in [0.5, 0.6) is 0 Å². The molecule has 1 N–H and O–H groups in total. The molecule has 1 aromatic heterocycles. The van der Waals surface area contributed by atoms with Crippen LogP contribution in [0.1, 0.15) is 24.1 Å². The molecule has 140 valence electrons. The molecule has 6 heteroatoms. The van der Waals surface area contributed by atoms with Gasteiger partial charge in [0.25, 0.3) is 0 Å². The average Bonchev–Trinajstić information content (AvgIpc) is 2.73. The zero-order valence-electron chi connectivity index (χ0n) is 15.2. The fourth-order valence-corrected chi connectivity index (χ4v) is 3.44. The summed E-state index contributed by atoms with van der Waals surface area (Å²) in [5.74, 6) is -0.318. The fourth-order valence-electron chi connectivity index (χ4n) is 2.66. The van der Waals surface area contributed by atoms with Crippen LogP contribution in [0, 0.1) is 17.1 Å². The number of carbonyl (C=O) groups is 1. The molecule has 28 heavy (non-hydrogen) atoms. The fraction of sp³-hybridized carbons (Fsp3) is 0.136. The number of benzene rings is 2. The van der Waals surface area contributed by atoms with Crippen LogP contribution in [0.3, 0.4) is 0 Å². The van der Waals surface area contributed by atoms with Gasteiger partial charge in [0.2, 0.25) is 5.91 Å². The van der Waals surface area contributed by atoms with Crippen LogP contribution < -0.4 is 5.32 Å². The molecule has 1 atom stereocenters. The third kappa shape index (κ3) is 4.96. The Kier molecular flexibility index (Phi) is 6.41. The van der Waals surface area contributed by atoms with Crippen molar-refractivity contribution in [2.45, 2.75) is 18.0 Å². The Hall–Kier alpha value is -3.17. The van der Waals surface area contributed by atoms with Crippen molar-refractivity contribution < 1.29 is 9.18 Å². The molecular formula is C22H18FN3OS. The maximum absolute atomic E-state index is 13.1. The number of halogens is 1. The van der Waals surface area contributed by atoms with E-state index in [0.29, 0.717) is 16.3 Å². The van der Waals surface area contributed by atoms with E-state index in [-0.39, 0.29) is 23.5 Å². The van der Waals surface area contributed by atoms with E-state index in [0.717, 1.165) is 11.1 Å². The molecular weight excluding hydrogens is 373 g/mol. The Morgan fingerprint density at radius 1 is 1.14 bits per heavy atom. The summed E-state index contributed by atoms with van der Waals surface area (Å²) in [4.78, 5) is 16.8. The number of aromatic nitrogens is 1. The monoisotopic (exact) mass is 391 g/mol. The van der Waals surface area contributed by atoms with E-state index in [2.05, 4.69) is 16.4 Å². The van der Waals surface area contributed by atoms with Crippen molar-refractivity contribution >= 4 is 17.7 Å². The summed E-state index contributed by atoms with van der Waals surface area (Å²) in [7, 11) is 0. The lowest BCUT2D eigenvalue weighted by Crippen LogP contribution is -2.28. The van der Waals surface area contributed by atoms with Crippen molar-refractivity contribution in [3.05, 3.63) is 83.7 Å². The van der Waals surface area contributed by atoms with E-state index in [1.807, 2.05) is 37.3 Å². The molecule has 0 fully saturated rings. The van der Waals surface area contributed by atoms with Gasteiger partial charge in [-0.2, -0.15) is 5.26 Å². The predicted octanol–water partition coefficient (Wildman–Crippen LogP) is 4.73. The van der Waals surface area contributed by atoms with E-state index < -0.39 is 0 Å². The number of nitrogens with one attached hydrogen (secondary N) is 1. The highest BCUT2D eigenvalue weighted by atomic mass is 32.2. The summed E-state index contributed by atoms with van der Waals surface area (Å²) in [6.45, 7) is 1.92. The number of hydrogen-bond donors (Lipinski definition) is 1. The van der Waals surface area contributed by atoms with E-state index >= 15 is 0 Å². The van der Waals surface area contributed by atoms with Gasteiger partial charge in [0.15, 0.2) is 0 Å². The second-order valence-corrected chi connectivity index (χ2v) is 7.12. The lowest BCUT2D eigenvalue weighted by Gasteiger charge is -2.14. The summed E-state index contributed by atoms with van der Waals surface area (Å²) >= 11 is 1.21. The van der Waals surface area contributed by atoms with Gasteiger partial charge in [-0.25, -0.2) is 9.37 Å². The first-order chi connectivity index (χ1) is 13.6. The minimum absolute atomic E-state index is 0.108. The van der Waals surface area contributed by atoms with Gasteiger partial charge < -0.3 is 5.32 Å². The quantitative estimate of drug-likeness (QED) is 0.617. The van der Waals surface area contributed by atoms with Crippen LogP contribution >= 0.6 is 11.8 Å². The third-order valence-electron chi connectivity index (χ3n) is 4.14. The van der Waals surface area contributed by atoms with Crippen LogP contribution in [-0.2, 0) is 4.79 Å². The Balaban J connectivity index is 1.69. The molecule has 0 aliphatic carbocycles. The van der Waals surface area contributed by atoms with E-state index in [1.165, 1.54) is 23.9 Å². The molecule has 0 aliphatic heterocycles. The van der Waals surface area contributed by atoms with Crippen LogP contribution in [0.4, 0.5) is 4.39 Å². The van der Waals surface area contributed by atoms with E-state index in [4.69, 9.17) is 0 Å². The van der Waals surface area contributed by atoms with Gasteiger partial charge in [0, 0.05) is 5.56 Å². The molecule has 1 heterocycles. The van der Waals surface area contributed by atoms with Crippen molar-refractivity contribution in [2.24, 2.45) is 0 Å². The molecule has 3 rings (SSSR count). The van der Waals surface area contributed by atoms with Gasteiger partial charge in [-0.05, 0) is 48.9 Å². The lowest BCUT2D eigenvalue weighted by molar-refractivity contribution is -0.119. The highest BCUT2D eigenvalue weighted by Crippen LogP contribution is 2.25. The number of carbonyl (C=O) groups excluding carboxylic acids is 1. The van der Waals surface area contributed by atoms with Gasteiger partial charge in [-0.3, -0.25) is 4.79 Å². The summed E-state index contributed by atoms with van der Waals surface area (Å²) in [6.07, 6.45) is 0. The molecule has 0 saturated carbocycles. The second kappa shape index (κ2) is 9.16. The summed E-state index contributed by atoms with van der Waals surface area (Å²) in [5.41, 5.74) is 2.80. The number of rotatable bonds is 6. The third-order valence-corrected chi connectivity index (χ3v) is 5.13. The first-order valence-corrected chi connectivity index (χ1v) is 9.69. The number of pyridine rings is 1. The molecule has 0 unspecified atom stereocenters. The van der Waals surface area contributed by atoms with Crippen molar-refractivity contribution in [2.75, 3.05) is 5.75 Å². The van der Waals surface area contributed by atoms with Gasteiger partial charge in [0.1, 0.15) is 16.9 Å². The summed E-state index contributed by atoms with van der Waals surface area (Å²) in [6, 6.07) is 21.1. The maximum Gasteiger partial charge on any atom is 0.230 e. The first kappa shape index (κ1) is 19.6. The van der Waals surface area contributed by atoms with Crippen molar-refractivity contribution in [3.8, 4) is 17.3 Å². The normalized spacial score (nSPS) is 11.5. The highest BCUT2D eigenvalue weighted by molar-refractivity contribution is 8.00. The Morgan fingerprint density at radius 2 is 1.86 bits per heavy atom. The number of thioether (sulfide) groups is 1. The average molecular weight is 391 g/mol. The standard InChI is InChI=1S/C22H18FN3OS/c1-15(16-5-3-2-4-6-16)25-21(27)14-28-22-18(13-24)9-12-20(26-22)17-7-10-19(23)11-8-17/h2-12,15H,14H2,1H3,(H,25,27)/t15-/m1/s1. The van der Waals surface area contributed by atoms with Crippen LogP contribution in [0.25, 0.3) is 11.3 Å². The lowest BCUT2D eigenvalue weighted by atomic mass is 10.1. The molecule has 0 aliphatic rings. The van der Waals surface area contributed by atoms with Gasteiger partial charge in [-0.1, -0.05) is 42.1 Å². The van der Waals surface area contributed by atoms with Gasteiger partial charge in [-0.15, -0.1) is 0 Å². The summed E-state index contributed by atoms with van der Waals surface area (Å²) < 4.78 is 13.1. The number of hydrogen-bond acceptors (Lipinski definition) is 4. The van der Waals surface area contributed by atoms with Crippen molar-refractivity contribution in [3.63, 3.8) is 0 Å². The Bertz CT molecular complexity index is 1000. The molecule has 3 aromatic rings. The zero-order valence-corrected chi connectivity index (χ0v) is 16.0. The molecule has 0 saturated heterocycles. The Labute approximate surface area is 167 Å². The second-order valence-electron chi connectivity index (χ2n) is 6.16. The SMILES string of the molecule is C[C@@H](NC(=O)CSc1nc(-c2ccc(F)cc2)ccc1C#N)c1ccccc1. The number of nitrogens with zero attached hydrogens (tertiary/aromatic N) is 2. The molecule has 0 radical (unpaired) electrons. The van der Waals surface area contributed by atoms with Crippen LogP contribution in [-0.4, -0.2) is 16.6 Å². The smallest absolute Gasteiger partial charge is 0.230 e. The van der Waals surface area contributed by atoms with Crippen LogP contribution in [0.2, 0.25) is 0 Å². The van der Waals surface area contributed by atoms with Crippen molar-refractivity contribution in [1.29, 1.82) is 5.26 Å². The van der Waals surface area contributed by atoms with E-state index in [1.54, 1.807) is 24.3 Å². The highest BCUT2D eigenvalue weighted by Gasteiger charge is 2.13. The van der Waals surface area contributed by atoms with Crippen LogP contribution in [0.15, 0.2) is 71.8 Å². The molecule has 4 nitrogen and oxygen atoms in total. The first-order valence-electron chi connectivity index (χ1n) is 8.71. The van der Waals surface area contributed by atoms with E-state index in [9.17, 15) is 14.4 Å². The summed E-state index contributed by atoms with van der Waals surface area (Å²) in [5, 5.41) is 12.7. The Morgan fingerprint density at radius 3 is 2.54 bits per heavy atom. The molecule has 0 spiro atoms. The largest absolute Gasteiger partial charge is 0.349 e. The molecule has 2 aromatic carbocycles. The molecule has 0 bridgehead atoms. The topological polar surface area (TPSA) is 65.8 Å². The van der Waals surface area contributed by atoms with Crippen molar-refractivity contribution in [1.82, 2.24) is 10.3 Å². The number of amides is 1. The molecule has 1 amide bonds. The minimum atomic E-state index is -0.323. The predicted molar refractivity (Wildman–Crippen MR) is 108 cm³/mol. The van der Waals surface area contributed by atoms with Gasteiger partial charge >= 0.3 is 0 Å². The minimum Gasteiger partial charge on any atom is -0.349 e. The van der Waals surface area contributed by atoms with Gasteiger partial charge in [0.05, 0.1) is 23.1 Å². The zero-order chi connectivity index (χ0) is 19.9.